The highest BCUT2D eigenvalue weighted by Gasteiger charge is 2.27. The fraction of sp³-hybridized carbons (Fsp3) is 0.273. The molecular formula is C11H11ClN2O3. The van der Waals surface area contributed by atoms with E-state index in [0.29, 0.717) is 18.8 Å². The van der Waals surface area contributed by atoms with Crippen molar-refractivity contribution in [2.24, 2.45) is 0 Å². The second-order valence-corrected chi connectivity index (χ2v) is 4.23. The van der Waals surface area contributed by atoms with Crippen LogP contribution in [-0.4, -0.2) is 42.1 Å². The fourth-order valence-electron chi connectivity index (χ4n) is 1.73. The van der Waals surface area contributed by atoms with Crippen molar-refractivity contribution in [2.75, 3.05) is 25.0 Å². The maximum Gasteiger partial charge on any atom is 0.337 e. The Hall–Kier alpha value is -1.75. The van der Waals surface area contributed by atoms with Crippen LogP contribution in [0.3, 0.4) is 0 Å². The lowest BCUT2D eigenvalue weighted by Gasteiger charge is -2.16. The quantitative estimate of drug-likeness (QED) is 0.877. The number of aromatic carboxylic acids is 1. The molecule has 1 heterocycles. The molecule has 1 aliphatic heterocycles. The first-order chi connectivity index (χ1) is 8.00. The maximum atomic E-state index is 11.7. The Balaban J connectivity index is 2.32. The summed E-state index contributed by atoms with van der Waals surface area (Å²) in [6.07, 6.45) is 0. The van der Waals surface area contributed by atoms with E-state index in [-0.39, 0.29) is 16.6 Å². The van der Waals surface area contributed by atoms with Gasteiger partial charge in [0.15, 0.2) is 0 Å². The molecule has 90 valence electrons. The average Bonchev–Trinajstić information content (AvgIpc) is 2.59. The fourth-order valence-corrected chi connectivity index (χ4v) is 1.99. The highest BCUT2D eigenvalue weighted by Crippen LogP contribution is 2.26. The predicted octanol–water partition coefficient (Wildman–Crippen LogP) is 1.91. The Morgan fingerprint density at radius 2 is 2.12 bits per heavy atom. The number of likely N-dealkylation sites (N-methyl/N-ethyl adjacent to an activating group) is 1. The molecule has 1 aromatic carbocycles. The number of carboxylic acid groups (broad SMARTS) is 1. The van der Waals surface area contributed by atoms with Crippen molar-refractivity contribution in [1.29, 1.82) is 0 Å². The van der Waals surface area contributed by atoms with Gasteiger partial charge < -0.3 is 10.0 Å². The van der Waals surface area contributed by atoms with Gasteiger partial charge in [-0.25, -0.2) is 9.59 Å². The number of carboxylic acids is 1. The van der Waals surface area contributed by atoms with Gasteiger partial charge in [-0.05, 0) is 18.2 Å². The van der Waals surface area contributed by atoms with Gasteiger partial charge in [-0.15, -0.1) is 0 Å². The van der Waals surface area contributed by atoms with Gasteiger partial charge >= 0.3 is 12.0 Å². The molecule has 1 aliphatic rings. The minimum absolute atomic E-state index is 0.0374. The normalized spacial score (nSPS) is 15.5. The molecule has 0 aromatic heterocycles. The number of rotatable bonds is 2. The maximum absolute atomic E-state index is 11.7. The van der Waals surface area contributed by atoms with Crippen LogP contribution < -0.4 is 4.90 Å². The lowest BCUT2D eigenvalue weighted by molar-refractivity contribution is 0.0697. The molecule has 6 heteroatoms. The minimum Gasteiger partial charge on any atom is -0.478 e. The second kappa shape index (κ2) is 4.25. The van der Waals surface area contributed by atoms with Gasteiger partial charge in [0.1, 0.15) is 0 Å². The van der Waals surface area contributed by atoms with Gasteiger partial charge in [0.25, 0.3) is 0 Å². The Bertz CT molecular complexity index is 490. The van der Waals surface area contributed by atoms with Crippen molar-refractivity contribution < 1.29 is 14.7 Å². The summed E-state index contributed by atoms with van der Waals surface area (Å²) in [6.45, 7) is 1.23. The number of benzene rings is 1. The van der Waals surface area contributed by atoms with E-state index in [0.717, 1.165) is 0 Å². The van der Waals surface area contributed by atoms with Crippen molar-refractivity contribution in [1.82, 2.24) is 4.90 Å². The molecule has 0 aliphatic carbocycles. The summed E-state index contributed by atoms with van der Waals surface area (Å²) >= 11 is 5.85. The molecule has 0 spiro atoms. The SMILES string of the molecule is CN1CCN(c2ccc(C(=O)O)c(Cl)c2)C1=O. The minimum atomic E-state index is -1.08. The number of amides is 2. The molecule has 1 N–H and O–H groups in total. The van der Waals surface area contributed by atoms with Gasteiger partial charge in [0.05, 0.1) is 10.6 Å². The highest BCUT2D eigenvalue weighted by molar-refractivity contribution is 6.33. The Morgan fingerprint density at radius 3 is 2.59 bits per heavy atom. The van der Waals surface area contributed by atoms with Gasteiger partial charge in [-0.2, -0.15) is 0 Å². The van der Waals surface area contributed by atoms with E-state index in [2.05, 4.69) is 0 Å². The van der Waals surface area contributed by atoms with E-state index in [1.54, 1.807) is 22.9 Å². The lowest BCUT2D eigenvalue weighted by atomic mass is 10.2. The number of hydrogen-bond acceptors (Lipinski definition) is 2. The summed E-state index contributed by atoms with van der Waals surface area (Å²) < 4.78 is 0. The molecule has 2 amide bonds. The molecule has 1 saturated heterocycles. The summed E-state index contributed by atoms with van der Waals surface area (Å²) in [6, 6.07) is 4.39. The van der Waals surface area contributed by atoms with Gasteiger partial charge in [0, 0.05) is 25.8 Å². The van der Waals surface area contributed by atoms with Crippen LogP contribution in [0.5, 0.6) is 0 Å². The molecule has 0 unspecified atom stereocenters. The first kappa shape index (κ1) is 11.7. The van der Waals surface area contributed by atoms with Crippen molar-refractivity contribution in [3.05, 3.63) is 28.8 Å². The third-order valence-corrected chi connectivity index (χ3v) is 3.02. The van der Waals surface area contributed by atoms with Gasteiger partial charge in [0.2, 0.25) is 0 Å². The molecular weight excluding hydrogens is 244 g/mol. The first-order valence-electron chi connectivity index (χ1n) is 5.06. The Labute approximate surface area is 103 Å². The van der Waals surface area contributed by atoms with Crippen LogP contribution in [-0.2, 0) is 0 Å². The van der Waals surface area contributed by atoms with E-state index in [1.807, 2.05) is 0 Å². The lowest BCUT2D eigenvalue weighted by Crippen LogP contribution is -2.29. The summed E-state index contributed by atoms with van der Waals surface area (Å²) in [5, 5.41) is 8.98. The molecule has 0 bridgehead atoms. The predicted molar refractivity (Wildman–Crippen MR) is 63.8 cm³/mol. The summed E-state index contributed by atoms with van der Waals surface area (Å²) in [4.78, 5) is 25.7. The van der Waals surface area contributed by atoms with Crippen LogP contribution in [0.4, 0.5) is 10.5 Å². The topological polar surface area (TPSA) is 60.9 Å². The molecule has 17 heavy (non-hydrogen) atoms. The summed E-state index contributed by atoms with van der Waals surface area (Å²) in [5.41, 5.74) is 0.657. The standard InChI is InChI=1S/C11H11ClN2O3/c1-13-4-5-14(11(13)17)7-2-3-8(10(15)16)9(12)6-7/h2-3,6H,4-5H2,1H3,(H,15,16). The van der Waals surface area contributed by atoms with Crippen molar-refractivity contribution in [2.45, 2.75) is 0 Å². The Morgan fingerprint density at radius 1 is 1.41 bits per heavy atom. The molecule has 0 saturated carbocycles. The largest absolute Gasteiger partial charge is 0.478 e. The molecule has 2 rings (SSSR count). The number of carbonyl (C=O) groups excluding carboxylic acids is 1. The smallest absolute Gasteiger partial charge is 0.337 e. The number of nitrogens with zero attached hydrogens (tertiary/aromatic N) is 2. The number of hydrogen-bond donors (Lipinski definition) is 1. The van der Waals surface area contributed by atoms with Crippen molar-refractivity contribution in [3.63, 3.8) is 0 Å². The number of anilines is 1. The molecule has 5 nitrogen and oxygen atoms in total. The van der Waals surface area contributed by atoms with Crippen molar-refractivity contribution >= 4 is 29.3 Å². The third-order valence-electron chi connectivity index (χ3n) is 2.71. The van der Waals surface area contributed by atoms with E-state index in [4.69, 9.17) is 16.7 Å². The van der Waals surface area contributed by atoms with Crippen LogP contribution >= 0.6 is 11.6 Å². The number of urea groups is 1. The molecule has 1 fully saturated rings. The zero-order valence-corrected chi connectivity index (χ0v) is 9.94. The zero-order chi connectivity index (χ0) is 12.6. The first-order valence-corrected chi connectivity index (χ1v) is 5.44. The number of halogens is 1. The molecule has 0 atom stereocenters. The Kier molecular flexibility index (Phi) is 2.93. The zero-order valence-electron chi connectivity index (χ0n) is 9.18. The number of carbonyl (C=O) groups is 2. The van der Waals surface area contributed by atoms with E-state index < -0.39 is 5.97 Å². The van der Waals surface area contributed by atoms with Crippen LogP contribution in [0.2, 0.25) is 5.02 Å². The van der Waals surface area contributed by atoms with Crippen molar-refractivity contribution in [3.8, 4) is 0 Å². The van der Waals surface area contributed by atoms with Gasteiger partial charge in [-0.1, -0.05) is 11.6 Å². The molecule has 0 radical (unpaired) electrons. The summed E-state index contributed by atoms with van der Waals surface area (Å²) in [7, 11) is 1.72. The van der Waals surface area contributed by atoms with Crippen LogP contribution in [0.15, 0.2) is 18.2 Å². The van der Waals surface area contributed by atoms with Gasteiger partial charge in [-0.3, -0.25) is 4.90 Å². The summed E-state index contributed by atoms with van der Waals surface area (Å²) in [5.74, 6) is -1.08. The second-order valence-electron chi connectivity index (χ2n) is 3.83. The monoisotopic (exact) mass is 254 g/mol. The van der Waals surface area contributed by atoms with E-state index in [9.17, 15) is 9.59 Å². The van der Waals surface area contributed by atoms with E-state index >= 15 is 0 Å². The highest BCUT2D eigenvalue weighted by atomic mass is 35.5. The van der Waals surface area contributed by atoms with Crippen LogP contribution in [0.25, 0.3) is 0 Å². The molecule has 1 aromatic rings. The van der Waals surface area contributed by atoms with E-state index in [1.165, 1.54) is 12.1 Å². The van der Waals surface area contributed by atoms with Crippen LogP contribution in [0, 0.1) is 0 Å². The third kappa shape index (κ3) is 2.06. The average molecular weight is 255 g/mol. The van der Waals surface area contributed by atoms with Crippen LogP contribution in [0.1, 0.15) is 10.4 Å².